The highest BCUT2D eigenvalue weighted by Crippen LogP contribution is 2.29. The van der Waals surface area contributed by atoms with Gasteiger partial charge in [-0.3, -0.25) is 4.79 Å². The van der Waals surface area contributed by atoms with Gasteiger partial charge in [-0.15, -0.1) is 0 Å². The van der Waals surface area contributed by atoms with Crippen molar-refractivity contribution in [2.24, 2.45) is 0 Å². The number of benzene rings is 2. The van der Waals surface area contributed by atoms with Gasteiger partial charge in [-0.25, -0.2) is 0 Å². The first-order valence-corrected chi connectivity index (χ1v) is 8.18. The topological polar surface area (TPSA) is 26.3 Å². The molecule has 0 spiro atoms. The summed E-state index contributed by atoms with van der Waals surface area (Å²) in [6.45, 7) is 4.44. The summed E-state index contributed by atoms with van der Waals surface area (Å²) in [6.07, 6.45) is 2.17. The lowest BCUT2D eigenvalue weighted by Gasteiger charge is -2.13. The number of carbonyl (C=O) groups is 1. The van der Waals surface area contributed by atoms with Gasteiger partial charge < -0.3 is 4.74 Å². The summed E-state index contributed by atoms with van der Waals surface area (Å²) < 4.78 is 5.00. The molecule has 0 saturated carbocycles. The van der Waals surface area contributed by atoms with E-state index in [-0.39, 0.29) is 5.97 Å². The van der Waals surface area contributed by atoms with Gasteiger partial charge in [0.05, 0.1) is 6.61 Å². The lowest BCUT2D eigenvalue weighted by atomic mass is 9.91. The molecule has 0 heterocycles. The molecule has 0 fully saturated rings. The minimum atomic E-state index is -0.110. The van der Waals surface area contributed by atoms with E-state index in [0.717, 1.165) is 12.8 Å². The standard InChI is InChI=1S/C21H24O2/c1-3-23-20(22)16-10-11-17(2)21(18-12-6-4-7-13-18)19-14-8-5-9-15-19/h4-9,12-15H,3,10-11,16H2,1-2H3. The van der Waals surface area contributed by atoms with Gasteiger partial charge in [-0.1, -0.05) is 66.2 Å². The maximum atomic E-state index is 11.5. The second-order valence-corrected chi connectivity index (χ2v) is 5.55. The zero-order valence-electron chi connectivity index (χ0n) is 13.9. The summed E-state index contributed by atoms with van der Waals surface area (Å²) in [5.41, 5.74) is 4.99. The Hall–Kier alpha value is -2.35. The summed E-state index contributed by atoms with van der Waals surface area (Å²) in [4.78, 5) is 11.5. The molecule has 2 nitrogen and oxygen atoms in total. The molecule has 2 aromatic rings. The van der Waals surface area contributed by atoms with Gasteiger partial charge in [0, 0.05) is 6.42 Å². The van der Waals surface area contributed by atoms with Crippen LogP contribution in [0.5, 0.6) is 0 Å². The van der Waals surface area contributed by atoms with Crippen molar-refractivity contribution in [3.63, 3.8) is 0 Å². The van der Waals surface area contributed by atoms with E-state index in [0.29, 0.717) is 13.0 Å². The highest BCUT2D eigenvalue weighted by Gasteiger charge is 2.09. The zero-order valence-corrected chi connectivity index (χ0v) is 13.9. The Kier molecular flexibility index (Phi) is 6.61. The van der Waals surface area contributed by atoms with E-state index in [1.165, 1.54) is 22.3 Å². The van der Waals surface area contributed by atoms with Gasteiger partial charge in [-0.2, -0.15) is 0 Å². The molecular formula is C21H24O2. The molecule has 0 bridgehead atoms. The van der Waals surface area contributed by atoms with E-state index in [1.807, 2.05) is 19.1 Å². The van der Waals surface area contributed by atoms with Gasteiger partial charge in [-0.05, 0) is 43.4 Å². The Bertz CT molecular complexity index is 601. The second kappa shape index (κ2) is 8.94. The maximum Gasteiger partial charge on any atom is 0.305 e. The highest BCUT2D eigenvalue weighted by atomic mass is 16.5. The van der Waals surface area contributed by atoms with Gasteiger partial charge in [0.2, 0.25) is 0 Å². The average molecular weight is 308 g/mol. The van der Waals surface area contributed by atoms with Crippen molar-refractivity contribution in [1.29, 1.82) is 0 Å². The summed E-state index contributed by atoms with van der Waals surface area (Å²) in [5.74, 6) is -0.110. The molecule has 0 aliphatic carbocycles. The smallest absolute Gasteiger partial charge is 0.305 e. The first-order valence-electron chi connectivity index (χ1n) is 8.18. The Morgan fingerprint density at radius 3 is 1.87 bits per heavy atom. The van der Waals surface area contributed by atoms with Crippen molar-refractivity contribution >= 4 is 11.5 Å². The fourth-order valence-electron chi connectivity index (χ4n) is 2.73. The van der Waals surface area contributed by atoms with E-state index in [4.69, 9.17) is 4.74 Å². The Morgan fingerprint density at radius 1 is 0.870 bits per heavy atom. The van der Waals surface area contributed by atoms with Gasteiger partial charge in [0.25, 0.3) is 0 Å². The van der Waals surface area contributed by atoms with E-state index in [9.17, 15) is 4.79 Å². The third-order valence-corrected chi connectivity index (χ3v) is 3.79. The van der Waals surface area contributed by atoms with Crippen molar-refractivity contribution in [2.45, 2.75) is 33.1 Å². The van der Waals surface area contributed by atoms with Crippen LogP contribution < -0.4 is 0 Å². The Morgan fingerprint density at radius 2 is 1.39 bits per heavy atom. The van der Waals surface area contributed by atoms with Crippen LogP contribution in [-0.2, 0) is 9.53 Å². The van der Waals surface area contributed by atoms with E-state index in [1.54, 1.807) is 0 Å². The number of rotatable bonds is 7. The van der Waals surface area contributed by atoms with Crippen molar-refractivity contribution < 1.29 is 9.53 Å². The lowest BCUT2D eigenvalue weighted by molar-refractivity contribution is -0.143. The number of ether oxygens (including phenoxy) is 1. The van der Waals surface area contributed by atoms with Crippen molar-refractivity contribution in [1.82, 2.24) is 0 Å². The molecular weight excluding hydrogens is 284 g/mol. The molecule has 120 valence electrons. The average Bonchev–Trinajstić information content (AvgIpc) is 2.57. The molecule has 2 aromatic carbocycles. The monoisotopic (exact) mass is 308 g/mol. The fraction of sp³-hybridized carbons (Fsp3) is 0.286. The summed E-state index contributed by atoms with van der Waals surface area (Å²) >= 11 is 0. The van der Waals surface area contributed by atoms with E-state index < -0.39 is 0 Å². The van der Waals surface area contributed by atoms with Gasteiger partial charge in [0.15, 0.2) is 0 Å². The van der Waals surface area contributed by atoms with Crippen LogP contribution in [0.2, 0.25) is 0 Å². The number of carbonyl (C=O) groups excluding carboxylic acids is 1. The maximum absolute atomic E-state index is 11.5. The number of hydrogen-bond donors (Lipinski definition) is 0. The minimum absolute atomic E-state index is 0.110. The summed E-state index contributed by atoms with van der Waals surface area (Å²) in [5, 5.41) is 0. The fourth-order valence-corrected chi connectivity index (χ4v) is 2.73. The molecule has 0 radical (unpaired) electrons. The first-order chi connectivity index (χ1) is 11.2. The number of hydrogen-bond acceptors (Lipinski definition) is 2. The predicted octanol–water partition coefficient (Wildman–Crippen LogP) is 5.24. The number of esters is 1. The molecule has 2 heteroatoms. The van der Waals surface area contributed by atoms with Gasteiger partial charge >= 0.3 is 5.97 Å². The zero-order chi connectivity index (χ0) is 16.5. The normalized spacial score (nSPS) is 10.2. The quantitative estimate of drug-likeness (QED) is 0.654. The van der Waals surface area contributed by atoms with E-state index >= 15 is 0 Å². The molecule has 0 aliphatic rings. The van der Waals surface area contributed by atoms with Crippen LogP contribution >= 0.6 is 0 Å². The first kappa shape index (κ1) is 17.0. The van der Waals surface area contributed by atoms with Crippen molar-refractivity contribution in [2.75, 3.05) is 6.61 Å². The third-order valence-electron chi connectivity index (χ3n) is 3.79. The lowest BCUT2D eigenvalue weighted by Crippen LogP contribution is -2.03. The molecule has 2 rings (SSSR count). The van der Waals surface area contributed by atoms with Crippen LogP contribution in [0, 0.1) is 0 Å². The molecule has 0 aliphatic heterocycles. The summed E-state index contributed by atoms with van der Waals surface area (Å²) in [6, 6.07) is 20.8. The molecule has 23 heavy (non-hydrogen) atoms. The van der Waals surface area contributed by atoms with Crippen LogP contribution in [0.25, 0.3) is 5.57 Å². The second-order valence-electron chi connectivity index (χ2n) is 5.55. The van der Waals surface area contributed by atoms with Crippen LogP contribution in [0.15, 0.2) is 66.2 Å². The molecule has 0 amide bonds. The van der Waals surface area contributed by atoms with Crippen molar-refractivity contribution in [3.8, 4) is 0 Å². The summed E-state index contributed by atoms with van der Waals surface area (Å²) in [7, 11) is 0. The largest absolute Gasteiger partial charge is 0.466 e. The Labute approximate surface area is 138 Å². The van der Waals surface area contributed by atoms with Crippen LogP contribution in [0.4, 0.5) is 0 Å². The SMILES string of the molecule is CCOC(=O)CCCC(C)=C(c1ccccc1)c1ccccc1. The number of allylic oxidation sites excluding steroid dienone is 1. The van der Waals surface area contributed by atoms with Gasteiger partial charge in [0.1, 0.15) is 0 Å². The molecule has 0 N–H and O–H groups in total. The van der Waals surface area contributed by atoms with Crippen LogP contribution in [0.3, 0.4) is 0 Å². The Balaban J connectivity index is 2.21. The minimum Gasteiger partial charge on any atom is -0.466 e. The molecule has 0 atom stereocenters. The third kappa shape index (κ3) is 5.10. The van der Waals surface area contributed by atoms with Crippen LogP contribution in [-0.4, -0.2) is 12.6 Å². The molecule has 0 unspecified atom stereocenters. The highest BCUT2D eigenvalue weighted by molar-refractivity contribution is 5.81. The molecule has 0 aromatic heterocycles. The van der Waals surface area contributed by atoms with Crippen molar-refractivity contribution in [3.05, 3.63) is 77.4 Å². The predicted molar refractivity (Wildman–Crippen MR) is 95.1 cm³/mol. The van der Waals surface area contributed by atoms with Crippen LogP contribution in [0.1, 0.15) is 44.2 Å². The van der Waals surface area contributed by atoms with E-state index in [2.05, 4.69) is 55.5 Å². The molecule has 0 saturated heterocycles.